The van der Waals surface area contributed by atoms with Gasteiger partial charge in [-0.25, -0.2) is 14.3 Å². The van der Waals surface area contributed by atoms with Crippen LogP contribution in [-0.4, -0.2) is 37.9 Å². The monoisotopic (exact) mass is 531 g/mol. The van der Waals surface area contributed by atoms with E-state index in [1.807, 2.05) is 95.5 Å². The summed E-state index contributed by atoms with van der Waals surface area (Å²) in [5.74, 6) is 0.478. The number of anilines is 1. The van der Waals surface area contributed by atoms with Crippen LogP contribution in [0.2, 0.25) is 0 Å². The van der Waals surface area contributed by atoms with Crippen molar-refractivity contribution in [3.63, 3.8) is 0 Å². The number of nitrogens with zero attached hydrogens (tertiary/aromatic N) is 4. The molecule has 0 fully saturated rings. The number of hydrogen-bond acceptors (Lipinski definition) is 4. The van der Waals surface area contributed by atoms with Crippen molar-refractivity contribution in [2.24, 2.45) is 0 Å². The topological polar surface area (TPSA) is 81.4 Å². The zero-order chi connectivity index (χ0) is 27.6. The molecule has 3 aromatic carbocycles. The van der Waals surface area contributed by atoms with Crippen LogP contribution in [-0.2, 0) is 11.3 Å². The van der Waals surface area contributed by atoms with Gasteiger partial charge in [-0.05, 0) is 61.9 Å². The van der Waals surface area contributed by atoms with Crippen molar-refractivity contribution in [1.82, 2.24) is 19.2 Å². The molecule has 3 heterocycles. The molecule has 0 aliphatic carbocycles. The number of amides is 2. The van der Waals surface area contributed by atoms with E-state index in [0.717, 1.165) is 34.0 Å². The van der Waals surface area contributed by atoms with Crippen molar-refractivity contribution in [1.29, 1.82) is 0 Å². The number of carbonyl (C=O) groups is 2. The van der Waals surface area contributed by atoms with Gasteiger partial charge in [0.05, 0.1) is 41.8 Å². The standard InChI is InChI=1S/C32H29N5O3/c1-3-40-31(38)24-14-10-15-25(20-24)33-32(39)36-21-27-22(2)34-37(26-16-8-5-9-17-26)30(27)35-19-11-18-28(35)29(36)23-12-6-4-7-13-23/h4-20,29H,3,21H2,1-2H3,(H,33,39). The summed E-state index contributed by atoms with van der Waals surface area (Å²) in [4.78, 5) is 28.2. The van der Waals surface area contributed by atoms with Crippen molar-refractivity contribution in [2.75, 3.05) is 11.9 Å². The van der Waals surface area contributed by atoms with Gasteiger partial charge in [0.25, 0.3) is 0 Å². The molecular weight excluding hydrogens is 502 g/mol. The Balaban J connectivity index is 1.46. The van der Waals surface area contributed by atoms with Gasteiger partial charge in [-0.3, -0.25) is 0 Å². The number of hydrogen-bond donors (Lipinski definition) is 1. The first-order valence-corrected chi connectivity index (χ1v) is 13.3. The summed E-state index contributed by atoms with van der Waals surface area (Å²) in [5, 5.41) is 7.92. The van der Waals surface area contributed by atoms with Crippen LogP contribution in [0.4, 0.5) is 10.5 Å². The molecule has 2 aromatic heterocycles. The van der Waals surface area contributed by atoms with Crippen molar-refractivity contribution in [3.8, 4) is 11.5 Å². The van der Waals surface area contributed by atoms with Crippen LogP contribution in [0.15, 0.2) is 103 Å². The second-order valence-corrected chi connectivity index (χ2v) is 9.61. The number of aromatic nitrogens is 3. The third-order valence-corrected chi connectivity index (χ3v) is 7.09. The Morgan fingerprint density at radius 2 is 1.70 bits per heavy atom. The molecule has 40 heavy (non-hydrogen) atoms. The lowest BCUT2D eigenvalue weighted by Crippen LogP contribution is -2.38. The van der Waals surface area contributed by atoms with E-state index in [1.165, 1.54) is 0 Å². The fourth-order valence-electron chi connectivity index (χ4n) is 5.27. The number of ether oxygens (including phenoxy) is 1. The van der Waals surface area contributed by atoms with Crippen molar-refractivity contribution in [2.45, 2.75) is 26.4 Å². The maximum atomic E-state index is 14.1. The Hall–Kier alpha value is -5.11. The molecule has 1 atom stereocenters. The number of rotatable bonds is 5. The van der Waals surface area contributed by atoms with Crippen LogP contribution in [0.25, 0.3) is 11.5 Å². The van der Waals surface area contributed by atoms with Gasteiger partial charge in [-0.1, -0.05) is 54.6 Å². The lowest BCUT2D eigenvalue weighted by Gasteiger charge is -2.31. The summed E-state index contributed by atoms with van der Waals surface area (Å²) in [5.41, 5.74) is 5.56. The lowest BCUT2D eigenvalue weighted by molar-refractivity contribution is 0.0526. The van der Waals surface area contributed by atoms with E-state index >= 15 is 0 Å². The lowest BCUT2D eigenvalue weighted by atomic mass is 10.0. The highest BCUT2D eigenvalue weighted by Crippen LogP contribution is 2.38. The van der Waals surface area contributed by atoms with E-state index in [1.54, 1.807) is 31.2 Å². The Morgan fingerprint density at radius 3 is 2.45 bits per heavy atom. The van der Waals surface area contributed by atoms with Gasteiger partial charge in [0, 0.05) is 17.4 Å². The molecule has 200 valence electrons. The molecule has 8 heteroatoms. The molecule has 1 unspecified atom stereocenters. The van der Waals surface area contributed by atoms with Crippen molar-refractivity contribution in [3.05, 3.63) is 131 Å². The zero-order valence-electron chi connectivity index (χ0n) is 22.3. The van der Waals surface area contributed by atoms with Crippen LogP contribution in [0.3, 0.4) is 0 Å². The minimum atomic E-state index is -0.429. The molecular formula is C32H29N5O3. The van der Waals surface area contributed by atoms with E-state index in [-0.39, 0.29) is 18.7 Å². The number of esters is 1. The minimum Gasteiger partial charge on any atom is -0.462 e. The first-order chi connectivity index (χ1) is 19.5. The molecule has 1 aliphatic heterocycles. The molecule has 1 aliphatic rings. The Kier molecular flexibility index (Phi) is 6.66. The van der Waals surface area contributed by atoms with Crippen LogP contribution in [0, 0.1) is 6.92 Å². The molecule has 0 saturated heterocycles. The summed E-state index contributed by atoms with van der Waals surface area (Å²) >= 11 is 0. The number of fused-ring (bicyclic) bond motifs is 3. The first kappa shape index (κ1) is 25.2. The average Bonchev–Trinajstić information content (AvgIpc) is 3.54. The number of urea groups is 1. The summed E-state index contributed by atoms with van der Waals surface area (Å²) in [6, 6.07) is 30.2. The molecule has 0 radical (unpaired) electrons. The maximum Gasteiger partial charge on any atom is 0.338 e. The second kappa shape index (κ2) is 10.6. The van der Waals surface area contributed by atoms with Gasteiger partial charge < -0.3 is 19.5 Å². The quantitative estimate of drug-likeness (QED) is 0.271. The largest absolute Gasteiger partial charge is 0.462 e. The highest BCUT2D eigenvalue weighted by atomic mass is 16.5. The van der Waals surface area contributed by atoms with Crippen molar-refractivity contribution >= 4 is 17.7 Å². The number of carbonyl (C=O) groups excluding carboxylic acids is 2. The van der Waals surface area contributed by atoms with Gasteiger partial charge in [0.15, 0.2) is 0 Å². The number of para-hydroxylation sites is 1. The number of nitrogens with one attached hydrogen (secondary N) is 1. The zero-order valence-corrected chi connectivity index (χ0v) is 22.3. The minimum absolute atomic E-state index is 0.278. The second-order valence-electron chi connectivity index (χ2n) is 9.61. The van der Waals surface area contributed by atoms with Gasteiger partial charge in [-0.15, -0.1) is 0 Å². The third-order valence-electron chi connectivity index (χ3n) is 7.09. The van der Waals surface area contributed by atoms with Crippen LogP contribution < -0.4 is 5.32 Å². The predicted molar refractivity (Wildman–Crippen MR) is 153 cm³/mol. The Bertz CT molecular complexity index is 1670. The Labute approximate surface area is 232 Å². The van der Waals surface area contributed by atoms with Crippen LogP contribution in [0.1, 0.15) is 45.8 Å². The molecule has 6 rings (SSSR count). The molecule has 8 nitrogen and oxygen atoms in total. The fraction of sp³-hybridized carbons (Fsp3) is 0.156. The van der Waals surface area contributed by atoms with Crippen LogP contribution >= 0.6 is 0 Å². The molecule has 0 saturated carbocycles. The van der Waals surface area contributed by atoms with Crippen LogP contribution in [0.5, 0.6) is 0 Å². The molecule has 0 bridgehead atoms. The van der Waals surface area contributed by atoms with E-state index in [2.05, 4.69) is 9.88 Å². The van der Waals surface area contributed by atoms with Gasteiger partial charge in [0.1, 0.15) is 5.82 Å². The summed E-state index contributed by atoms with van der Waals surface area (Å²) < 4.78 is 9.22. The highest BCUT2D eigenvalue weighted by molar-refractivity contribution is 5.94. The average molecular weight is 532 g/mol. The van der Waals surface area contributed by atoms with Crippen molar-refractivity contribution < 1.29 is 14.3 Å². The van der Waals surface area contributed by atoms with E-state index in [4.69, 9.17) is 9.84 Å². The molecule has 2 amide bonds. The fourth-order valence-corrected chi connectivity index (χ4v) is 5.27. The van der Waals surface area contributed by atoms with Gasteiger partial charge in [0.2, 0.25) is 0 Å². The van der Waals surface area contributed by atoms with Gasteiger partial charge in [-0.2, -0.15) is 5.10 Å². The van der Waals surface area contributed by atoms with Gasteiger partial charge >= 0.3 is 12.0 Å². The highest BCUT2D eigenvalue weighted by Gasteiger charge is 2.36. The predicted octanol–water partition coefficient (Wildman–Crippen LogP) is 6.29. The van der Waals surface area contributed by atoms with E-state index in [0.29, 0.717) is 17.8 Å². The summed E-state index contributed by atoms with van der Waals surface area (Å²) in [7, 11) is 0. The third kappa shape index (κ3) is 4.53. The first-order valence-electron chi connectivity index (χ1n) is 13.3. The molecule has 5 aromatic rings. The summed E-state index contributed by atoms with van der Waals surface area (Å²) in [6.45, 7) is 4.35. The maximum absolute atomic E-state index is 14.1. The number of benzene rings is 3. The smallest absolute Gasteiger partial charge is 0.338 e. The van der Waals surface area contributed by atoms with E-state index < -0.39 is 5.97 Å². The molecule has 1 N–H and O–H groups in total. The SMILES string of the molecule is CCOC(=O)c1cccc(NC(=O)N2Cc3c(C)nn(-c4ccccc4)c3-n3cccc3C2c2ccccc2)c1. The molecule has 0 spiro atoms. The number of aryl methyl sites for hydroxylation is 1. The normalized spacial score (nSPS) is 14.2. The Morgan fingerprint density at radius 1 is 0.950 bits per heavy atom. The van der Waals surface area contributed by atoms with E-state index in [9.17, 15) is 9.59 Å². The summed E-state index contributed by atoms with van der Waals surface area (Å²) in [6.07, 6.45) is 2.02.